The molecule has 25 heavy (non-hydrogen) atoms. The quantitative estimate of drug-likeness (QED) is 0.649. The van der Waals surface area contributed by atoms with Crippen LogP contribution in [0, 0.1) is 0 Å². The highest BCUT2D eigenvalue weighted by Crippen LogP contribution is 2.02. The van der Waals surface area contributed by atoms with Crippen molar-refractivity contribution in [2.45, 2.75) is 19.3 Å². The fourth-order valence-corrected chi connectivity index (χ4v) is 2.17. The van der Waals surface area contributed by atoms with Crippen LogP contribution in [0.25, 0.3) is 0 Å². The second-order valence-corrected chi connectivity index (χ2v) is 5.43. The van der Waals surface area contributed by atoms with Gasteiger partial charge in [-0.2, -0.15) is 0 Å². The molecule has 2 amide bonds. The van der Waals surface area contributed by atoms with E-state index in [1.807, 2.05) is 60.7 Å². The highest BCUT2D eigenvalue weighted by molar-refractivity contribution is 5.67. The Balaban J connectivity index is 1.75. The van der Waals surface area contributed by atoms with E-state index in [-0.39, 0.29) is 25.8 Å². The molecule has 132 valence electrons. The van der Waals surface area contributed by atoms with Crippen LogP contribution in [0.1, 0.15) is 11.1 Å². The van der Waals surface area contributed by atoms with Gasteiger partial charge in [0, 0.05) is 6.54 Å². The van der Waals surface area contributed by atoms with Crippen LogP contribution in [-0.2, 0) is 27.5 Å². The van der Waals surface area contributed by atoms with Crippen LogP contribution >= 0.6 is 0 Å². The Morgan fingerprint density at radius 1 is 0.960 bits per heavy atom. The zero-order chi connectivity index (χ0) is 17.7. The van der Waals surface area contributed by atoms with Gasteiger partial charge in [0.05, 0.1) is 19.3 Å². The largest absolute Gasteiger partial charge is 0.445 e. The van der Waals surface area contributed by atoms with Crippen LogP contribution in [0.5, 0.6) is 0 Å². The Kier molecular flexibility index (Phi) is 8.00. The maximum Gasteiger partial charge on any atom is 0.407 e. The number of hydrogen-bond acceptors (Lipinski definition) is 4. The summed E-state index contributed by atoms with van der Waals surface area (Å²) in [5.41, 5.74) is 1.94. The van der Waals surface area contributed by atoms with Crippen molar-refractivity contribution in [2.75, 3.05) is 13.2 Å². The molecular weight excluding hydrogens is 320 g/mol. The molecule has 1 atom stereocenters. The molecule has 6 nitrogen and oxygen atoms in total. The highest BCUT2D eigenvalue weighted by atomic mass is 16.5. The summed E-state index contributed by atoms with van der Waals surface area (Å²) in [6, 6.07) is 18.8. The first-order chi connectivity index (χ1) is 12.3. The number of amides is 2. The maximum absolute atomic E-state index is 11.9. The molecular formula is C19H22N2O4. The zero-order valence-corrected chi connectivity index (χ0v) is 13.9. The van der Waals surface area contributed by atoms with Crippen molar-refractivity contribution >= 4 is 12.5 Å². The number of benzene rings is 2. The van der Waals surface area contributed by atoms with Crippen molar-refractivity contribution in [3.05, 3.63) is 71.8 Å². The molecule has 2 aromatic rings. The fraction of sp³-hybridized carbons (Fsp3) is 0.263. The van der Waals surface area contributed by atoms with Crippen molar-refractivity contribution < 1.29 is 19.1 Å². The molecule has 0 fully saturated rings. The molecule has 0 aromatic heterocycles. The summed E-state index contributed by atoms with van der Waals surface area (Å²) < 4.78 is 10.8. The molecule has 0 spiro atoms. The number of rotatable bonds is 10. The lowest BCUT2D eigenvalue weighted by Crippen LogP contribution is -2.45. The number of carbonyl (C=O) groups is 2. The SMILES string of the molecule is O=CNCC(COCc1ccccc1)NC(=O)OCc1ccccc1. The van der Waals surface area contributed by atoms with Crippen LogP contribution in [0.4, 0.5) is 4.79 Å². The summed E-state index contributed by atoms with van der Waals surface area (Å²) in [6.45, 7) is 1.14. The van der Waals surface area contributed by atoms with E-state index in [0.29, 0.717) is 13.0 Å². The molecule has 0 saturated carbocycles. The van der Waals surface area contributed by atoms with Crippen LogP contribution in [0.3, 0.4) is 0 Å². The van der Waals surface area contributed by atoms with Gasteiger partial charge in [-0.15, -0.1) is 0 Å². The van der Waals surface area contributed by atoms with E-state index in [0.717, 1.165) is 11.1 Å². The summed E-state index contributed by atoms with van der Waals surface area (Å²) >= 11 is 0. The maximum atomic E-state index is 11.9. The summed E-state index contributed by atoms with van der Waals surface area (Å²) in [4.78, 5) is 22.4. The predicted molar refractivity (Wildman–Crippen MR) is 93.7 cm³/mol. The zero-order valence-electron chi connectivity index (χ0n) is 13.9. The molecule has 0 heterocycles. The van der Waals surface area contributed by atoms with Crippen LogP contribution in [0.2, 0.25) is 0 Å². The lowest BCUT2D eigenvalue weighted by Gasteiger charge is -2.18. The summed E-state index contributed by atoms with van der Waals surface area (Å²) in [6.07, 6.45) is 0.0334. The molecule has 2 rings (SSSR count). The van der Waals surface area contributed by atoms with Gasteiger partial charge in [0.1, 0.15) is 6.61 Å². The van der Waals surface area contributed by atoms with Gasteiger partial charge in [0.15, 0.2) is 0 Å². The Labute approximate surface area is 147 Å². The van der Waals surface area contributed by atoms with E-state index in [1.54, 1.807) is 0 Å². The topological polar surface area (TPSA) is 76.7 Å². The summed E-state index contributed by atoms with van der Waals surface area (Å²) in [5.74, 6) is 0. The van der Waals surface area contributed by atoms with Crippen molar-refractivity contribution in [2.24, 2.45) is 0 Å². The minimum atomic E-state index is -0.551. The molecule has 0 aliphatic heterocycles. The predicted octanol–water partition coefficient (Wildman–Crippen LogP) is 2.24. The number of ether oxygens (including phenoxy) is 2. The number of hydrogen-bond donors (Lipinski definition) is 2. The second kappa shape index (κ2) is 10.8. The van der Waals surface area contributed by atoms with Crippen molar-refractivity contribution in [1.82, 2.24) is 10.6 Å². The third-order valence-electron chi connectivity index (χ3n) is 3.41. The van der Waals surface area contributed by atoms with Gasteiger partial charge >= 0.3 is 6.09 Å². The molecule has 6 heteroatoms. The minimum absolute atomic E-state index is 0.186. The molecule has 0 bridgehead atoms. The average Bonchev–Trinajstić information content (AvgIpc) is 2.66. The Bertz CT molecular complexity index is 634. The third kappa shape index (κ3) is 7.50. The summed E-state index contributed by atoms with van der Waals surface area (Å²) in [7, 11) is 0. The van der Waals surface area contributed by atoms with Gasteiger partial charge < -0.3 is 20.1 Å². The molecule has 0 saturated heterocycles. The standard InChI is InChI=1S/C19H22N2O4/c22-15-20-11-18(14-24-12-16-7-3-1-4-8-16)21-19(23)25-13-17-9-5-2-6-10-17/h1-10,15,18H,11-14H2,(H,20,22)(H,21,23). The van der Waals surface area contributed by atoms with E-state index >= 15 is 0 Å². The number of nitrogens with one attached hydrogen (secondary N) is 2. The number of carbonyl (C=O) groups excluding carboxylic acids is 2. The monoisotopic (exact) mass is 342 g/mol. The smallest absolute Gasteiger partial charge is 0.407 e. The van der Waals surface area contributed by atoms with Gasteiger partial charge in [0.2, 0.25) is 6.41 Å². The Morgan fingerprint density at radius 2 is 1.56 bits per heavy atom. The average molecular weight is 342 g/mol. The van der Waals surface area contributed by atoms with Gasteiger partial charge in [0.25, 0.3) is 0 Å². The minimum Gasteiger partial charge on any atom is -0.445 e. The van der Waals surface area contributed by atoms with Crippen LogP contribution < -0.4 is 10.6 Å². The Morgan fingerprint density at radius 3 is 2.16 bits per heavy atom. The molecule has 0 aliphatic rings. The van der Waals surface area contributed by atoms with E-state index in [2.05, 4.69) is 10.6 Å². The van der Waals surface area contributed by atoms with E-state index in [4.69, 9.17) is 9.47 Å². The van der Waals surface area contributed by atoms with Crippen molar-refractivity contribution in [3.63, 3.8) is 0 Å². The van der Waals surface area contributed by atoms with Gasteiger partial charge in [-0.05, 0) is 11.1 Å². The Hall–Kier alpha value is -2.86. The summed E-state index contributed by atoms with van der Waals surface area (Å²) in [5, 5.41) is 5.25. The van der Waals surface area contributed by atoms with Crippen molar-refractivity contribution in [1.29, 1.82) is 0 Å². The first-order valence-electron chi connectivity index (χ1n) is 8.04. The first-order valence-corrected chi connectivity index (χ1v) is 8.04. The van der Waals surface area contributed by atoms with Gasteiger partial charge in [-0.25, -0.2) is 4.79 Å². The lowest BCUT2D eigenvalue weighted by atomic mass is 10.2. The van der Waals surface area contributed by atoms with Crippen molar-refractivity contribution in [3.8, 4) is 0 Å². The molecule has 1 unspecified atom stereocenters. The molecule has 0 aliphatic carbocycles. The second-order valence-electron chi connectivity index (χ2n) is 5.43. The third-order valence-corrected chi connectivity index (χ3v) is 3.41. The normalized spacial score (nSPS) is 11.4. The van der Waals surface area contributed by atoms with Gasteiger partial charge in [-0.1, -0.05) is 60.7 Å². The fourth-order valence-electron chi connectivity index (χ4n) is 2.17. The van der Waals surface area contributed by atoms with E-state index in [9.17, 15) is 9.59 Å². The van der Waals surface area contributed by atoms with E-state index in [1.165, 1.54) is 0 Å². The van der Waals surface area contributed by atoms with Crippen LogP contribution in [-0.4, -0.2) is 31.7 Å². The van der Waals surface area contributed by atoms with Gasteiger partial charge in [-0.3, -0.25) is 4.79 Å². The number of alkyl carbamates (subject to hydrolysis) is 1. The first kappa shape index (κ1) is 18.5. The highest BCUT2D eigenvalue weighted by Gasteiger charge is 2.13. The molecule has 2 aromatic carbocycles. The van der Waals surface area contributed by atoms with E-state index < -0.39 is 6.09 Å². The van der Waals surface area contributed by atoms with Crippen LogP contribution in [0.15, 0.2) is 60.7 Å². The molecule has 2 N–H and O–H groups in total. The lowest BCUT2D eigenvalue weighted by molar-refractivity contribution is -0.109. The molecule has 0 radical (unpaired) electrons.